The van der Waals surface area contributed by atoms with Gasteiger partial charge < -0.3 is 4.74 Å². The molecule has 84 valence electrons. The molecule has 0 radical (unpaired) electrons. The second-order valence-electron chi connectivity index (χ2n) is 4.02. The molecular formula is C11H21ClO2. The Morgan fingerprint density at radius 3 is 2.29 bits per heavy atom. The number of carbonyl (C=O) groups is 1. The van der Waals surface area contributed by atoms with Gasteiger partial charge in [0.15, 0.2) is 0 Å². The van der Waals surface area contributed by atoms with Crippen LogP contribution in [-0.4, -0.2) is 17.5 Å². The lowest BCUT2D eigenvalue weighted by Gasteiger charge is -2.14. The minimum absolute atomic E-state index is 0.324. The number of unbranched alkanes of at least 4 members (excludes halogenated alkanes) is 4. The van der Waals surface area contributed by atoms with E-state index in [0.717, 1.165) is 12.8 Å². The highest BCUT2D eigenvalue weighted by Gasteiger charge is 2.25. The normalized spacial score (nSPS) is 11.4. The summed E-state index contributed by atoms with van der Waals surface area (Å²) in [5.41, 5.74) is 0. The second kappa shape index (κ2) is 7.10. The van der Waals surface area contributed by atoms with Crippen LogP contribution in [0.5, 0.6) is 0 Å². The number of alkyl halides is 1. The molecule has 0 atom stereocenters. The molecule has 0 aromatic carbocycles. The van der Waals surface area contributed by atoms with Gasteiger partial charge in [-0.25, -0.2) is 0 Å². The summed E-state index contributed by atoms with van der Waals surface area (Å²) in [7, 11) is 0. The molecule has 0 fully saturated rings. The van der Waals surface area contributed by atoms with Crippen LogP contribution < -0.4 is 0 Å². The molecule has 3 heteroatoms. The van der Waals surface area contributed by atoms with Crippen LogP contribution in [0, 0.1) is 0 Å². The monoisotopic (exact) mass is 220 g/mol. The topological polar surface area (TPSA) is 26.3 Å². The van der Waals surface area contributed by atoms with Crippen molar-refractivity contribution in [3.8, 4) is 0 Å². The fourth-order valence-electron chi connectivity index (χ4n) is 1.04. The lowest BCUT2D eigenvalue weighted by Crippen LogP contribution is -2.27. The first kappa shape index (κ1) is 13.8. The summed E-state index contributed by atoms with van der Waals surface area (Å²) in [6, 6.07) is 0. The number of rotatable bonds is 7. The molecular weight excluding hydrogens is 200 g/mol. The smallest absolute Gasteiger partial charge is 0.326 e. The standard InChI is InChI=1S/C11H21ClO2/c1-4-5-6-7-8-9-14-10(13)11(2,3)12/h4-9H2,1-3H3. The zero-order valence-electron chi connectivity index (χ0n) is 9.44. The van der Waals surface area contributed by atoms with Gasteiger partial charge in [0.05, 0.1) is 6.61 Å². The Labute approximate surface area is 92.0 Å². The molecule has 0 aromatic rings. The average molecular weight is 221 g/mol. The number of carbonyl (C=O) groups excluding carboxylic acids is 1. The zero-order chi connectivity index (χ0) is 11.0. The van der Waals surface area contributed by atoms with Gasteiger partial charge in [0.25, 0.3) is 0 Å². The van der Waals surface area contributed by atoms with E-state index in [2.05, 4.69) is 6.92 Å². The zero-order valence-corrected chi connectivity index (χ0v) is 10.2. The molecule has 0 aliphatic carbocycles. The van der Waals surface area contributed by atoms with E-state index in [9.17, 15) is 4.79 Å². The van der Waals surface area contributed by atoms with E-state index in [-0.39, 0.29) is 5.97 Å². The third-order valence-electron chi connectivity index (χ3n) is 1.97. The molecule has 0 bridgehead atoms. The highest BCUT2D eigenvalue weighted by atomic mass is 35.5. The van der Waals surface area contributed by atoms with Crippen molar-refractivity contribution in [1.29, 1.82) is 0 Å². The summed E-state index contributed by atoms with van der Waals surface area (Å²) in [5.74, 6) is -0.324. The third kappa shape index (κ3) is 7.19. The van der Waals surface area contributed by atoms with Crippen LogP contribution in [0.25, 0.3) is 0 Å². The number of ether oxygens (including phenoxy) is 1. The SMILES string of the molecule is CCCCCCCOC(=O)C(C)(C)Cl. The maximum Gasteiger partial charge on any atom is 0.326 e. The van der Waals surface area contributed by atoms with Crippen molar-refractivity contribution in [2.75, 3.05) is 6.61 Å². The van der Waals surface area contributed by atoms with Crippen molar-refractivity contribution < 1.29 is 9.53 Å². The molecule has 0 spiro atoms. The van der Waals surface area contributed by atoms with Gasteiger partial charge >= 0.3 is 5.97 Å². The number of hydrogen-bond acceptors (Lipinski definition) is 2. The van der Waals surface area contributed by atoms with Gasteiger partial charge in [0, 0.05) is 0 Å². The predicted octanol–water partition coefficient (Wildman–Crippen LogP) is 3.52. The van der Waals surface area contributed by atoms with Crippen LogP contribution in [0.3, 0.4) is 0 Å². The van der Waals surface area contributed by atoms with Crippen molar-refractivity contribution >= 4 is 17.6 Å². The third-order valence-corrected chi connectivity index (χ3v) is 2.12. The van der Waals surface area contributed by atoms with Gasteiger partial charge in [-0.2, -0.15) is 0 Å². The van der Waals surface area contributed by atoms with E-state index in [1.807, 2.05) is 0 Å². The van der Waals surface area contributed by atoms with Crippen molar-refractivity contribution in [3.05, 3.63) is 0 Å². The average Bonchev–Trinajstić information content (AvgIpc) is 2.09. The van der Waals surface area contributed by atoms with Crippen LogP contribution in [-0.2, 0) is 9.53 Å². The molecule has 0 aliphatic heterocycles. The van der Waals surface area contributed by atoms with Crippen LogP contribution >= 0.6 is 11.6 Å². The van der Waals surface area contributed by atoms with E-state index >= 15 is 0 Å². The van der Waals surface area contributed by atoms with Gasteiger partial charge in [0.2, 0.25) is 0 Å². The lowest BCUT2D eigenvalue weighted by molar-refractivity contribution is -0.146. The Kier molecular flexibility index (Phi) is 6.98. The predicted molar refractivity (Wildman–Crippen MR) is 59.7 cm³/mol. The highest BCUT2D eigenvalue weighted by molar-refractivity contribution is 6.33. The highest BCUT2D eigenvalue weighted by Crippen LogP contribution is 2.14. The van der Waals surface area contributed by atoms with Crippen molar-refractivity contribution in [2.45, 2.75) is 57.7 Å². The molecule has 2 nitrogen and oxygen atoms in total. The maximum absolute atomic E-state index is 11.2. The molecule has 0 unspecified atom stereocenters. The molecule has 0 saturated heterocycles. The van der Waals surface area contributed by atoms with Gasteiger partial charge in [0.1, 0.15) is 4.87 Å². The molecule has 0 heterocycles. The summed E-state index contributed by atoms with van der Waals surface area (Å²) in [6.45, 7) is 5.97. The Bertz CT molecular complexity index is 161. The lowest BCUT2D eigenvalue weighted by atomic mass is 10.2. The van der Waals surface area contributed by atoms with E-state index in [0.29, 0.717) is 6.61 Å². The van der Waals surface area contributed by atoms with Crippen molar-refractivity contribution in [2.24, 2.45) is 0 Å². The Hall–Kier alpha value is -0.240. The minimum Gasteiger partial charge on any atom is -0.464 e. The van der Waals surface area contributed by atoms with E-state index in [4.69, 9.17) is 16.3 Å². The fraction of sp³-hybridized carbons (Fsp3) is 0.909. The molecule has 0 aromatic heterocycles. The van der Waals surface area contributed by atoms with Gasteiger partial charge in [-0.3, -0.25) is 4.79 Å². The minimum atomic E-state index is -0.885. The molecule has 14 heavy (non-hydrogen) atoms. The summed E-state index contributed by atoms with van der Waals surface area (Å²) in [6.07, 6.45) is 5.78. The van der Waals surface area contributed by atoms with Gasteiger partial charge in [-0.15, -0.1) is 11.6 Å². The summed E-state index contributed by atoms with van der Waals surface area (Å²) in [4.78, 5) is 10.3. The van der Waals surface area contributed by atoms with Crippen LogP contribution in [0.2, 0.25) is 0 Å². The molecule has 0 aliphatic rings. The van der Waals surface area contributed by atoms with E-state index in [1.54, 1.807) is 13.8 Å². The molecule has 0 rings (SSSR count). The number of esters is 1. The quantitative estimate of drug-likeness (QED) is 0.373. The first-order chi connectivity index (χ1) is 6.48. The van der Waals surface area contributed by atoms with Crippen LogP contribution in [0.4, 0.5) is 0 Å². The van der Waals surface area contributed by atoms with Crippen LogP contribution in [0.15, 0.2) is 0 Å². The van der Waals surface area contributed by atoms with E-state index in [1.165, 1.54) is 19.3 Å². The Morgan fingerprint density at radius 2 is 1.79 bits per heavy atom. The summed E-state index contributed by atoms with van der Waals surface area (Å²) in [5, 5.41) is 0. The maximum atomic E-state index is 11.2. The summed E-state index contributed by atoms with van der Waals surface area (Å²) >= 11 is 5.77. The first-order valence-corrected chi connectivity index (χ1v) is 5.72. The number of hydrogen-bond donors (Lipinski definition) is 0. The van der Waals surface area contributed by atoms with Gasteiger partial charge in [-0.05, 0) is 20.3 Å². The Morgan fingerprint density at radius 1 is 1.21 bits per heavy atom. The fourth-order valence-corrected chi connectivity index (χ4v) is 1.10. The van der Waals surface area contributed by atoms with Crippen molar-refractivity contribution in [1.82, 2.24) is 0 Å². The Balaban J connectivity index is 3.33. The van der Waals surface area contributed by atoms with E-state index < -0.39 is 4.87 Å². The molecule has 0 amide bonds. The first-order valence-electron chi connectivity index (χ1n) is 5.34. The van der Waals surface area contributed by atoms with Crippen molar-refractivity contribution in [3.63, 3.8) is 0 Å². The molecule has 0 N–H and O–H groups in total. The largest absolute Gasteiger partial charge is 0.464 e. The van der Waals surface area contributed by atoms with Crippen LogP contribution in [0.1, 0.15) is 52.9 Å². The second-order valence-corrected chi connectivity index (χ2v) is 4.97. The molecule has 0 saturated carbocycles. The van der Waals surface area contributed by atoms with Gasteiger partial charge in [-0.1, -0.05) is 32.6 Å². The number of halogens is 1. The summed E-state index contributed by atoms with van der Waals surface area (Å²) < 4.78 is 5.02.